The van der Waals surface area contributed by atoms with Crippen LogP contribution in [0.3, 0.4) is 0 Å². The Hall–Kier alpha value is -2.40. The van der Waals surface area contributed by atoms with E-state index in [1.54, 1.807) is 0 Å². The van der Waals surface area contributed by atoms with Gasteiger partial charge in [0.25, 0.3) is 0 Å². The summed E-state index contributed by atoms with van der Waals surface area (Å²) in [4.78, 5) is 2.49. The molecule has 5 nitrogen and oxygen atoms in total. The van der Waals surface area contributed by atoms with Gasteiger partial charge in [0.05, 0.1) is 12.1 Å². The molecule has 1 saturated heterocycles. The first-order valence-electron chi connectivity index (χ1n) is 9.00. The van der Waals surface area contributed by atoms with Gasteiger partial charge >= 0.3 is 0 Å². The summed E-state index contributed by atoms with van der Waals surface area (Å²) in [6, 6.07) is 14.7. The van der Waals surface area contributed by atoms with Gasteiger partial charge in [0.2, 0.25) is 0 Å². The maximum Gasteiger partial charge on any atom is 0.160 e. The van der Waals surface area contributed by atoms with E-state index in [9.17, 15) is 0 Å². The summed E-state index contributed by atoms with van der Waals surface area (Å²) in [6.45, 7) is 6.08. The van der Waals surface area contributed by atoms with Crippen LogP contribution < -0.4 is 4.74 Å². The lowest BCUT2D eigenvalue weighted by atomic mass is 10.1. The lowest BCUT2D eigenvalue weighted by Crippen LogP contribution is -2.25. The van der Waals surface area contributed by atoms with E-state index in [0.717, 1.165) is 36.7 Å². The summed E-state index contributed by atoms with van der Waals surface area (Å²) in [5, 5.41) is 8.80. The number of pyridine rings is 1. The van der Waals surface area contributed by atoms with Crippen molar-refractivity contribution in [1.29, 1.82) is 0 Å². The molecular formula is C20H24N4O. The van der Waals surface area contributed by atoms with Crippen molar-refractivity contribution in [2.75, 3.05) is 6.54 Å². The Bertz CT molecular complexity index is 858. The average molecular weight is 336 g/mol. The maximum atomic E-state index is 5.99. The summed E-state index contributed by atoms with van der Waals surface area (Å²) in [6.07, 6.45) is 4.52. The van der Waals surface area contributed by atoms with Crippen LogP contribution in [-0.2, 0) is 6.54 Å². The summed E-state index contributed by atoms with van der Waals surface area (Å²) < 4.78 is 8.10. The number of fused-ring (bicyclic) bond motifs is 1. The topological polar surface area (TPSA) is 42.7 Å². The molecular weight excluding hydrogens is 312 g/mol. The zero-order chi connectivity index (χ0) is 17.2. The molecule has 1 fully saturated rings. The van der Waals surface area contributed by atoms with E-state index >= 15 is 0 Å². The highest BCUT2D eigenvalue weighted by Gasteiger charge is 2.30. The number of benzene rings is 1. The molecule has 0 N–H and O–H groups in total. The smallest absolute Gasteiger partial charge is 0.160 e. The second-order valence-corrected chi connectivity index (χ2v) is 6.89. The second kappa shape index (κ2) is 6.84. The van der Waals surface area contributed by atoms with E-state index in [-0.39, 0.29) is 6.10 Å². The number of ether oxygens (including phenoxy) is 1. The number of likely N-dealkylation sites (tertiary alicyclic amines) is 1. The molecule has 0 bridgehead atoms. The Morgan fingerprint density at radius 2 is 1.96 bits per heavy atom. The quantitative estimate of drug-likeness (QED) is 0.710. The third-order valence-electron chi connectivity index (χ3n) is 4.71. The molecule has 1 aliphatic rings. The van der Waals surface area contributed by atoms with Crippen molar-refractivity contribution >= 4 is 5.65 Å². The molecule has 130 valence electrons. The predicted molar refractivity (Wildman–Crippen MR) is 97.6 cm³/mol. The van der Waals surface area contributed by atoms with Gasteiger partial charge in [0.1, 0.15) is 5.75 Å². The number of nitrogens with zero attached hydrogens (tertiary/aromatic N) is 4. The normalized spacial score (nSPS) is 18.3. The molecule has 0 radical (unpaired) electrons. The summed E-state index contributed by atoms with van der Waals surface area (Å²) in [5.41, 5.74) is 2.14. The van der Waals surface area contributed by atoms with Crippen molar-refractivity contribution in [1.82, 2.24) is 19.5 Å². The number of hydrogen-bond acceptors (Lipinski definition) is 4. The number of aromatic nitrogens is 3. The van der Waals surface area contributed by atoms with Gasteiger partial charge < -0.3 is 4.74 Å². The van der Waals surface area contributed by atoms with Crippen molar-refractivity contribution in [2.45, 2.75) is 45.4 Å². The zero-order valence-corrected chi connectivity index (χ0v) is 14.8. The third-order valence-corrected chi connectivity index (χ3v) is 4.71. The van der Waals surface area contributed by atoms with Crippen LogP contribution in [0.2, 0.25) is 0 Å². The number of rotatable bonds is 5. The molecule has 3 aromatic rings. The Morgan fingerprint density at radius 3 is 2.84 bits per heavy atom. The molecule has 2 aromatic heterocycles. The van der Waals surface area contributed by atoms with Crippen molar-refractivity contribution in [2.24, 2.45) is 0 Å². The first-order chi connectivity index (χ1) is 12.2. The molecule has 1 aromatic carbocycles. The Balaban J connectivity index is 1.61. The van der Waals surface area contributed by atoms with Gasteiger partial charge in [-0.2, -0.15) is 0 Å². The van der Waals surface area contributed by atoms with Crippen LogP contribution in [0.5, 0.6) is 5.75 Å². The minimum Gasteiger partial charge on any atom is -0.491 e. The summed E-state index contributed by atoms with van der Waals surface area (Å²) >= 11 is 0. The largest absolute Gasteiger partial charge is 0.491 e. The first-order valence-corrected chi connectivity index (χ1v) is 9.00. The molecule has 0 unspecified atom stereocenters. The molecule has 25 heavy (non-hydrogen) atoms. The zero-order valence-electron chi connectivity index (χ0n) is 14.8. The van der Waals surface area contributed by atoms with E-state index in [1.807, 2.05) is 24.3 Å². The van der Waals surface area contributed by atoms with Crippen LogP contribution in [-0.4, -0.2) is 32.1 Å². The molecule has 1 atom stereocenters. The highest BCUT2D eigenvalue weighted by Crippen LogP contribution is 2.34. The fraction of sp³-hybridized carbons (Fsp3) is 0.400. The first kappa shape index (κ1) is 16.1. The maximum absolute atomic E-state index is 5.99. The van der Waals surface area contributed by atoms with E-state index < -0.39 is 0 Å². The van der Waals surface area contributed by atoms with Crippen molar-refractivity contribution in [3.8, 4) is 5.75 Å². The predicted octanol–water partition coefficient (Wildman–Crippen LogP) is 3.85. The summed E-state index contributed by atoms with van der Waals surface area (Å²) in [5.74, 6) is 2.02. The van der Waals surface area contributed by atoms with Gasteiger partial charge in [-0.25, -0.2) is 0 Å². The van der Waals surface area contributed by atoms with E-state index in [4.69, 9.17) is 4.74 Å². The number of hydrogen-bond donors (Lipinski definition) is 0. The van der Waals surface area contributed by atoms with Gasteiger partial charge in [-0.05, 0) is 51.4 Å². The van der Waals surface area contributed by atoms with Crippen LogP contribution in [0.25, 0.3) is 5.65 Å². The third kappa shape index (κ3) is 3.24. The fourth-order valence-electron chi connectivity index (χ4n) is 3.62. The lowest BCUT2D eigenvalue weighted by Gasteiger charge is -2.24. The van der Waals surface area contributed by atoms with Crippen molar-refractivity contribution in [3.05, 3.63) is 60.0 Å². The summed E-state index contributed by atoms with van der Waals surface area (Å²) in [7, 11) is 0. The average Bonchev–Trinajstić information content (AvgIpc) is 3.22. The fourth-order valence-corrected chi connectivity index (χ4v) is 3.62. The van der Waals surface area contributed by atoms with Crippen molar-refractivity contribution in [3.63, 3.8) is 0 Å². The molecule has 3 heterocycles. The SMILES string of the molecule is CC(C)Oc1ccccc1CN1CCC[C@@H]1c1nnc2ccccn12. The molecule has 5 heteroatoms. The Labute approximate surface area is 148 Å². The highest BCUT2D eigenvalue weighted by atomic mass is 16.5. The van der Waals surface area contributed by atoms with Crippen LogP contribution in [0.15, 0.2) is 48.7 Å². The van der Waals surface area contributed by atoms with Gasteiger partial charge in [0, 0.05) is 18.3 Å². The van der Waals surface area contributed by atoms with Gasteiger partial charge in [-0.3, -0.25) is 9.30 Å². The van der Waals surface area contributed by atoms with Gasteiger partial charge in [-0.15, -0.1) is 10.2 Å². The molecule has 0 amide bonds. The van der Waals surface area contributed by atoms with Crippen LogP contribution in [0, 0.1) is 0 Å². The van der Waals surface area contributed by atoms with Crippen LogP contribution in [0.1, 0.15) is 44.1 Å². The van der Waals surface area contributed by atoms with Crippen LogP contribution >= 0.6 is 0 Å². The second-order valence-electron chi connectivity index (χ2n) is 6.89. The van der Waals surface area contributed by atoms with Gasteiger partial charge in [-0.1, -0.05) is 24.3 Å². The Kier molecular flexibility index (Phi) is 4.40. The molecule has 0 aliphatic carbocycles. The Morgan fingerprint density at radius 1 is 1.12 bits per heavy atom. The van der Waals surface area contributed by atoms with E-state index in [0.29, 0.717) is 6.04 Å². The molecule has 4 rings (SSSR count). The van der Waals surface area contributed by atoms with E-state index in [1.165, 1.54) is 12.0 Å². The lowest BCUT2D eigenvalue weighted by molar-refractivity contribution is 0.216. The minimum atomic E-state index is 0.177. The van der Waals surface area contributed by atoms with Crippen LogP contribution in [0.4, 0.5) is 0 Å². The van der Waals surface area contributed by atoms with Crippen molar-refractivity contribution < 1.29 is 4.74 Å². The van der Waals surface area contributed by atoms with Gasteiger partial charge in [0.15, 0.2) is 11.5 Å². The molecule has 0 spiro atoms. The minimum absolute atomic E-state index is 0.177. The standard InChI is InChI=1S/C20H24N4O/c1-15(2)25-18-10-4-3-8-16(18)14-23-12-7-9-17(23)20-22-21-19-11-5-6-13-24(19)20/h3-6,8,10-11,13,15,17H,7,9,12,14H2,1-2H3/t17-/m1/s1. The monoisotopic (exact) mass is 336 g/mol. The number of para-hydroxylation sites is 1. The molecule has 1 aliphatic heterocycles. The highest BCUT2D eigenvalue weighted by molar-refractivity contribution is 5.38. The van der Waals surface area contributed by atoms with E-state index in [2.05, 4.69) is 57.7 Å². The molecule has 0 saturated carbocycles.